The number of benzene rings is 1. The third kappa shape index (κ3) is 4.34. The van der Waals surface area contributed by atoms with Crippen LogP contribution in [0.4, 0.5) is 5.13 Å². The molecule has 0 aliphatic heterocycles. The first-order valence-corrected chi connectivity index (χ1v) is 10.9. The second-order valence-corrected chi connectivity index (χ2v) is 7.96. The Morgan fingerprint density at radius 3 is 2.77 bits per heavy atom. The van der Waals surface area contributed by atoms with Crippen LogP contribution in [0.3, 0.4) is 0 Å². The van der Waals surface area contributed by atoms with Gasteiger partial charge in [-0.25, -0.2) is 4.98 Å². The maximum atomic E-state index is 12.4. The largest absolute Gasteiger partial charge is 0.495 e. The minimum atomic E-state index is -0.164. The first-order chi connectivity index (χ1) is 14.7. The third-order valence-electron chi connectivity index (χ3n) is 4.05. The molecule has 4 rings (SSSR count). The average molecular weight is 439 g/mol. The molecule has 8 nitrogen and oxygen atoms in total. The van der Waals surface area contributed by atoms with Gasteiger partial charge in [0.1, 0.15) is 11.4 Å². The first-order valence-electron chi connectivity index (χ1n) is 9.00. The molecule has 1 amide bonds. The molecule has 1 aromatic carbocycles. The Labute approximate surface area is 181 Å². The zero-order chi connectivity index (χ0) is 20.9. The molecular weight excluding hydrogens is 420 g/mol. The predicted octanol–water partition coefficient (Wildman–Crippen LogP) is 3.83. The maximum Gasteiger partial charge on any atom is 0.236 e. The molecule has 1 N–H and O–H groups in total. The first kappa shape index (κ1) is 20.0. The predicted molar refractivity (Wildman–Crippen MR) is 117 cm³/mol. The van der Waals surface area contributed by atoms with Gasteiger partial charge in [-0.15, -0.1) is 21.5 Å². The summed E-state index contributed by atoms with van der Waals surface area (Å²) in [5.41, 5.74) is 2.31. The van der Waals surface area contributed by atoms with Gasteiger partial charge in [-0.3, -0.25) is 14.3 Å². The van der Waals surface area contributed by atoms with E-state index in [1.807, 2.05) is 59.3 Å². The van der Waals surface area contributed by atoms with Crippen LogP contribution in [0.2, 0.25) is 0 Å². The number of carbonyl (C=O) groups is 1. The highest BCUT2D eigenvalue weighted by molar-refractivity contribution is 7.99. The number of para-hydroxylation sites is 2. The lowest BCUT2D eigenvalue weighted by atomic mass is 10.2. The monoisotopic (exact) mass is 438 g/mol. The van der Waals surface area contributed by atoms with Crippen molar-refractivity contribution in [2.24, 2.45) is 0 Å². The highest BCUT2D eigenvalue weighted by Crippen LogP contribution is 2.31. The van der Waals surface area contributed by atoms with Gasteiger partial charge in [-0.05, 0) is 31.2 Å². The SMILES string of the molecule is COc1ccccc1-n1c(SCC(=O)Nc2nc(C)cs2)nnc1-c1ccccn1. The minimum absolute atomic E-state index is 0.161. The van der Waals surface area contributed by atoms with Gasteiger partial charge in [0, 0.05) is 11.6 Å². The number of ether oxygens (including phenoxy) is 1. The lowest BCUT2D eigenvalue weighted by molar-refractivity contribution is -0.113. The van der Waals surface area contributed by atoms with Crippen molar-refractivity contribution >= 4 is 34.1 Å². The van der Waals surface area contributed by atoms with Crippen LogP contribution >= 0.6 is 23.1 Å². The number of thiazole rings is 1. The van der Waals surface area contributed by atoms with Gasteiger partial charge in [0.15, 0.2) is 16.1 Å². The number of aromatic nitrogens is 5. The number of nitrogens with zero attached hydrogens (tertiary/aromatic N) is 5. The molecule has 0 bridgehead atoms. The Kier molecular flexibility index (Phi) is 6.05. The van der Waals surface area contributed by atoms with Crippen molar-refractivity contribution in [2.75, 3.05) is 18.2 Å². The van der Waals surface area contributed by atoms with Gasteiger partial charge < -0.3 is 10.1 Å². The molecular formula is C20H18N6O2S2. The van der Waals surface area contributed by atoms with Crippen LogP contribution in [-0.2, 0) is 4.79 Å². The summed E-state index contributed by atoms with van der Waals surface area (Å²) in [5.74, 6) is 1.23. The van der Waals surface area contributed by atoms with Crippen LogP contribution in [0.5, 0.6) is 5.75 Å². The van der Waals surface area contributed by atoms with Gasteiger partial charge in [0.25, 0.3) is 0 Å². The summed E-state index contributed by atoms with van der Waals surface area (Å²) in [5, 5.41) is 14.5. The smallest absolute Gasteiger partial charge is 0.236 e. The zero-order valence-corrected chi connectivity index (χ0v) is 17.9. The van der Waals surface area contributed by atoms with E-state index >= 15 is 0 Å². The molecule has 3 aromatic heterocycles. The number of anilines is 1. The molecule has 0 spiro atoms. The number of rotatable bonds is 7. The Morgan fingerprint density at radius 2 is 2.03 bits per heavy atom. The molecule has 30 heavy (non-hydrogen) atoms. The number of hydrogen-bond acceptors (Lipinski definition) is 8. The Bertz CT molecular complexity index is 1160. The highest BCUT2D eigenvalue weighted by Gasteiger charge is 2.20. The van der Waals surface area contributed by atoms with Gasteiger partial charge in [-0.1, -0.05) is 30.0 Å². The van der Waals surface area contributed by atoms with Crippen molar-refractivity contribution in [2.45, 2.75) is 12.1 Å². The molecule has 10 heteroatoms. The molecule has 3 heterocycles. The van der Waals surface area contributed by atoms with Crippen LogP contribution in [0.1, 0.15) is 5.69 Å². The van der Waals surface area contributed by atoms with E-state index in [2.05, 4.69) is 25.5 Å². The number of carbonyl (C=O) groups excluding carboxylic acids is 1. The van der Waals surface area contributed by atoms with E-state index in [0.717, 1.165) is 11.4 Å². The summed E-state index contributed by atoms with van der Waals surface area (Å²) in [4.78, 5) is 21.0. The number of aryl methyl sites for hydroxylation is 1. The Hall–Kier alpha value is -3.24. The van der Waals surface area contributed by atoms with E-state index in [0.29, 0.717) is 27.6 Å². The topological polar surface area (TPSA) is 94.8 Å². The summed E-state index contributed by atoms with van der Waals surface area (Å²) in [6.45, 7) is 1.88. The summed E-state index contributed by atoms with van der Waals surface area (Å²) < 4.78 is 7.38. The maximum absolute atomic E-state index is 12.4. The van der Waals surface area contributed by atoms with Crippen LogP contribution < -0.4 is 10.1 Å². The molecule has 152 valence electrons. The molecule has 0 fully saturated rings. The fraction of sp³-hybridized carbons (Fsp3) is 0.150. The number of amides is 1. The zero-order valence-electron chi connectivity index (χ0n) is 16.3. The fourth-order valence-electron chi connectivity index (χ4n) is 2.75. The van der Waals surface area contributed by atoms with Crippen LogP contribution in [0.15, 0.2) is 59.2 Å². The number of pyridine rings is 1. The van der Waals surface area contributed by atoms with E-state index in [-0.39, 0.29) is 11.7 Å². The van der Waals surface area contributed by atoms with Gasteiger partial charge >= 0.3 is 0 Å². The molecule has 0 unspecified atom stereocenters. The lowest BCUT2D eigenvalue weighted by Crippen LogP contribution is -2.14. The summed E-state index contributed by atoms with van der Waals surface area (Å²) in [6.07, 6.45) is 1.70. The van der Waals surface area contributed by atoms with E-state index in [4.69, 9.17) is 4.74 Å². The van der Waals surface area contributed by atoms with Crippen molar-refractivity contribution in [1.29, 1.82) is 0 Å². The molecule has 0 radical (unpaired) electrons. The van der Waals surface area contributed by atoms with Crippen molar-refractivity contribution < 1.29 is 9.53 Å². The minimum Gasteiger partial charge on any atom is -0.495 e. The van der Waals surface area contributed by atoms with E-state index < -0.39 is 0 Å². The molecule has 0 saturated heterocycles. The summed E-state index contributed by atoms with van der Waals surface area (Å²) in [6, 6.07) is 13.2. The molecule has 0 atom stereocenters. The van der Waals surface area contributed by atoms with Crippen LogP contribution in [0, 0.1) is 6.92 Å². The fourth-order valence-corrected chi connectivity index (χ4v) is 4.20. The number of methoxy groups -OCH3 is 1. The average Bonchev–Trinajstić information content (AvgIpc) is 3.38. The van der Waals surface area contributed by atoms with Gasteiger partial charge in [-0.2, -0.15) is 0 Å². The lowest BCUT2D eigenvalue weighted by Gasteiger charge is -2.13. The molecule has 0 aliphatic carbocycles. The molecule has 0 saturated carbocycles. The van der Waals surface area contributed by atoms with Crippen LogP contribution in [-0.4, -0.2) is 43.5 Å². The van der Waals surface area contributed by atoms with Crippen molar-refractivity contribution in [1.82, 2.24) is 24.7 Å². The molecule has 0 aliphatic rings. The Morgan fingerprint density at radius 1 is 1.20 bits per heavy atom. The third-order valence-corrected chi connectivity index (χ3v) is 5.86. The standard InChI is InChI=1S/C20H18N6O2S2/c1-13-11-29-19(22-13)23-17(27)12-30-20-25-24-18(14-7-5-6-10-21-14)26(20)15-8-3-4-9-16(15)28-2/h3-11H,12H2,1-2H3,(H,22,23,27). The second-order valence-electron chi connectivity index (χ2n) is 6.16. The van der Waals surface area contributed by atoms with Crippen LogP contribution in [0.25, 0.3) is 17.2 Å². The number of nitrogens with one attached hydrogen (secondary N) is 1. The summed E-state index contributed by atoms with van der Waals surface area (Å²) in [7, 11) is 1.61. The summed E-state index contributed by atoms with van der Waals surface area (Å²) >= 11 is 2.68. The van der Waals surface area contributed by atoms with E-state index in [9.17, 15) is 4.79 Å². The van der Waals surface area contributed by atoms with Gasteiger partial charge in [0.2, 0.25) is 5.91 Å². The van der Waals surface area contributed by atoms with Crippen molar-refractivity contribution in [3.63, 3.8) is 0 Å². The van der Waals surface area contributed by atoms with Gasteiger partial charge in [0.05, 0.1) is 24.2 Å². The second kappa shape index (κ2) is 9.06. The quantitative estimate of drug-likeness (QED) is 0.438. The number of thioether (sulfide) groups is 1. The van der Waals surface area contributed by atoms with E-state index in [1.165, 1.54) is 23.1 Å². The molecule has 4 aromatic rings. The highest BCUT2D eigenvalue weighted by atomic mass is 32.2. The Balaban J connectivity index is 1.64. The van der Waals surface area contributed by atoms with E-state index in [1.54, 1.807) is 13.3 Å². The van der Waals surface area contributed by atoms with Crippen molar-refractivity contribution in [3.8, 4) is 23.0 Å². The normalized spacial score (nSPS) is 10.7. The number of hydrogen-bond donors (Lipinski definition) is 1. The van der Waals surface area contributed by atoms with Crippen molar-refractivity contribution in [3.05, 3.63) is 59.7 Å².